The average Bonchev–Trinajstić information content (AvgIpc) is 0.797. The molecule has 702 valence electrons. The Labute approximate surface area is 712 Å². The highest BCUT2D eigenvalue weighted by molar-refractivity contribution is 5.92. The molecular formula is C77H124N6O40. The summed E-state index contributed by atoms with van der Waals surface area (Å²) in [7, 11) is 0. The van der Waals surface area contributed by atoms with E-state index in [-0.39, 0.29) is 177 Å². The van der Waals surface area contributed by atoms with Crippen molar-refractivity contribution < 1.29 is 190 Å². The van der Waals surface area contributed by atoms with Gasteiger partial charge in [0.15, 0.2) is 55.2 Å². The third kappa shape index (κ3) is 49.4. The van der Waals surface area contributed by atoms with E-state index in [9.17, 15) is 76.7 Å². The lowest BCUT2D eigenvalue weighted by Crippen LogP contribution is -2.66. The summed E-state index contributed by atoms with van der Waals surface area (Å²) < 4.78 is 133. The zero-order valence-electron chi connectivity index (χ0n) is 71.9. The maximum atomic E-state index is 13.9. The van der Waals surface area contributed by atoms with Crippen LogP contribution in [0, 0.1) is 0 Å². The lowest BCUT2D eigenvalue weighted by Gasteiger charge is -2.44. The molecule has 16 atom stereocenters. The SMILES string of the molecule is CC(=O)N[C@H]1[C@H](OCCOCCOCCOCC(=O)NCCCC[C@H](NC(=O)COCCOCCOCCO[C@@H]2O[C@H](COC(C)=O)[C@H](OC(C)=O)[C@H](OC(C)=O)[C@H]2NC(C)=O)C(=O)N[C@@H](CCCCNC(=O)COCCOCCOCCO[C@H]2C[C@@H](OC(C)=O)[C@@H](OC(C)=O)[C@@H](COC(C)=O)O2)C(C)=O)O[C@H](COC(C)=O)[C@H](OC(C)=O)[C@@H]1OC(C)=O. The van der Waals surface area contributed by atoms with E-state index in [2.05, 4.69) is 31.9 Å². The second kappa shape index (κ2) is 63.1. The van der Waals surface area contributed by atoms with Crippen LogP contribution in [0.15, 0.2) is 0 Å². The van der Waals surface area contributed by atoms with Crippen molar-refractivity contribution in [3.05, 3.63) is 0 Å². The predicted octanol–water partition coefficient (Wildman–Crippen LogP) is -2.83. The monoisotopic (exact) mass is 1770 g/mol. The van der Waals surface area contributed by atoms with Crippen molar-refractivity contribution in [3.8, 4) is 0 Å². The van der Waals surface area contributed by atoms with Crippen molar-refractivity contribution >= 4 is 95.0 Å². The van der Waals surface area contributed by atoms with E-state index in [0.29, 0.717) is 25.7 Å². The smallest absolute Gasteiger partial charge is 0.303 e. The number of rotatable bonds is 64. The number of nitrogens with one attached hydrogen (secondary N) is 6. The molecule has 0 aromatic heterocycles. The molecule has 0 unspecified atom stereocenters. The standard InChI is InChI=1S/C77H124N6O40/c1-46(84)58(17-13-15-19-78-64(96)43-106-30-27-100-21-24-103-33-36-109-67-39-60(115-52(7)90)70(116-53(8)91)61(121-67)40-112-49(4)87)83-75(99)59(82-66(98)45-108-32-29-102-23-26-105-35-38-111-77-69(81-48(3)86)74(120-57(12)95)72(118-55(10)93)63(123-77)42-114-51(6)89)18-14-16-20-79-65(97)44-107-31-28-101-22-25-104-34-37-110-76-68(80-47(2)85)73(119-56(11)94)71(117-54(9)92)62(122-76)41-113-50(5)88/h58-63,67-74,76-77H,13-45H2,1-12H3,(H,78,96)(H,79,97)(H,80,85)(H,81,86)(H,82,98)(H,83,99)/t58-,59-,60+,61+,62+,63+,67+,68+,69+,70+,71-,72-,73+,74+,76+,77+/m0/s1. The fourth-order valence-electron chi connectivity index (χ4n) is 12.0. The van der Waals surface area contributed by atoms with Gasteiger partial charge in [0.1, 0.15) is 82.2 Å². The van der Waals surface area contributed by atoms with Gasteiger partial charge >= 0.3 is 53.7 Å². The summed E-state index contributed by atoms with van der Waals surface area (Å²) in [6, 6.07) is -4.45. The van der Waals surface area contributed by atoms with Crippen LogP contribution in [0.25, 0.3) is 0 Å². The van der Waals surface area contributed by atoms with Crippen LogP contribution in [0.4, 0.5) is 0 Å². The molecule has 3 aliphatic rings. The van der Waals surface area contributed by atoms with Crippen molar-refractivity contribution in [2.45, 2.75) is 226 Å². The first-order chi connectivity index (χ1) is 58.6. The number of amides is 6. The molecule has 3 aliphatic heterocycles. The minimum absolute atomic E-state index is 0.00430. The number of ketones is 1. The quantitative estimate of drug-likeness (QED) is 0.0203. The molecule has 0 radical (unpaired) electrons. The molecule has 0 aromatic rings. The van der Waals surface area contributed by atoms with E-state index in [0.717, 1.165) is 41.5 Å². The second-order valence-electron chi connectivity index (χ2n) is 27.7. The molecule has 0 aromatic carbocycles. The number of carbonyl (C=O) groups excluding carboxylic acids is 16. The number of carbonyl (C=O) groups is 16. The molecule has 0 bridgehead atoms. The number of hydrogen-bond acceptors (Lipinski definition) is 40. The van der Waals surface area contributed by atoms with Crippen molar-refractivity contribution in [1.82, 2.24) is 31.9 Å². The largest absolute Gasteiger partial charge is 0.463 e. The van der Waals surface area contributed by atoms with Gasteiger partial charge in [-0.05, 0) is 45.4 Å². The van der Waals surface area contributed by atoms with Gasteiger partial charge in [0.25, 0.3) is 0 Å². The van der Waals surface area contributed by atoms with Gasteiger partial charge in [-0.15, -0.1) is 0 Å². The minimum Gasteiger partial charge on any atom is -0.463 e. The van der Waals surface area contributed by atoms with Crippen molar-refractivity contribution in [3.63, 3.8) is 0 Å². The highest BCUT2D eigenvalue weighted by Gasteiger charge is 2.53. The maximum absolute atomic E-state index is 13.9. The highest BCUT2D eigenvalue weighted by atomic mass is 16.7. The third-order valence-electron chi connectivity index (χ3n) is 17.1. The van der Waals surface area contributed by atoms with Crippen LogP contribution in [0.5, 0.6) is 0 Å². The first kappa shape index (κ1) is 108. The van der Waals surface area contributed by atoms with Crippen LogP contribution in [-0.4, -0.2) is 365 Å². The van der Waals surface area contributed by atoms with Gasteiger partial charge in [-0.25, -0.2) is 0 Å². The van der Waals surface area contributed by atoms with E-state index in [1.165, 1.54) is 41.5 Å². The molecule has 0 spiro atoms. The Morgan fingerprint density at radius 1 is 0.317 bits per heavy atom. The van der Waals surface area contributed by atoms with Gasteiger partial charge in [0.05, 0.1) is 125 Å². The Morgan fingerprint density at radius 2 is 0.634 bits per heavy atom. The predicted molar refractivity (Wildman–Crippen MR) is 413 cm³/mol. The summed E-state index contributed by atoms with van der Waals surface area (Å²) in [5.41, 5.74) is 0. The molecule has 6 N–H and O–H groups in total. The normalized spacial score (nSPS) is 22.1. The molecule has 46 nitrogen and oxygen atoms in total. The fraction of sp³-hybridized carbons (Fsp3) is 0.792. The Morgan fingerprint density at radius 3 is 0.984 bits per heavy atom. The maximum Gasteiger partial charge on any atom is 0.303 e. The third-order valence-corrected chi connectivity index (χ3v) is 17.1. The number of ether oxygens (including phenoxy) is 24. The lowest BCUT2D eigenvalue weighted by molar-refractivity contribution is -0.279. The van der Waals surface area contributed by atoms with Crippen LogP contribution in [0.1, 0.15) is 128 Å². The first-order valence-corrected chi connectivity index (χ1v) is 40.3. The van der Waals surface area contributed by atoms with Gasteiger partial charge in [0, 0.05) is 95.7 Å². The number of esters is 9. The van der Waals surface area contributed by atoms with Crippen LogP contribution >= 0.6 is 0 Å². The lowest BCUT2D eigenvalue weighted by atomic mass is 9.96. The minimum atomic E-state index is -1.31. The van der Waals surface area contributed by atoms with Crippen LogP contribution < -0.4 is 31.9 Å². The van der Waals surface area contributed by atoms with Gasteiger partial charge in [0.2, 0.25) is 35.4 Å². The van der Waals surface area contributed by atoms with Gasteiger partial charge in [-0.3, -0.25) is 76.7 Å². The Balaban J connectivity index is 1.45. The summed E-state index contributed by atoms with van der Waals surface area (Å²) in [5.74, 6) is -9.90. The fourth-order valence-corrected chi connectivity index (χ4v) is 12.0. The molecule has 0 saturated carbocycles. The van der Waals surface area contributed by atoms with Crippen molar-refractivity contribution in [1.29, 1.82) is 0 Å². The number of hydrogen-bond donors (Lipinski definition) is 6. The van der Waals surface area contributed by atoms with Crippen LogP contribution in [0.3, 0.4) is 0 Å². The number of unbranched alkanes of at least 4 members (excludes halogenated alkanes) is 2. The van der Waals surface area contributed by atoms with Gasteiger partial charge in [-0.2, -0.15) is 0 Å². The van der Waals surface area contributed by atoms with E-state index in [4.69, 9.17) is 114 Å². The molecule has 0 aliphatic carbocycles. The van der Waals surface area contributed by atoms with Gasteiger partial charge in [-0.1, -0.05) is 0 Å². The molecule has 3 saturated heterocycles. The molecule has 6 amide bonds. The summed E-state index contributed by atoms with van der Waals surface area (Å²) in [6.07, 6.45) is -12.2. The van der Waals surface area contributed by atoms with Gasteiger partial charge < -0.3 is 146 Å². The van der Waals surface area contributed by atoms with Crippen molar-refractivity contribution in [2.24, 2.45) is 0 Å². The summed E-state index contributed by atoms with van der Waals surface area (Å²) in [6.45, 7) is 13.3. The molecule has 3 rings (SSSR count). The van der Waals surface area contributed by atoms with E-state index < -0.39 is 207 Å². The summed E-state index contributed by atoms with van der Waals surface area (Å²) >= 11 is 0. The molecule has 3 fully saturated rings. The topological polar surface area (TPSA) is 567 Å². The summed E-state index contributed by atoms with van der Waals surface area (Å²) in [4.78, 5) is 197. The highest BCUT2D eigenvalue weighted by Crippen LogP contribution is 2.31. The Bertz CT molecular complexity index is 3260. The van der Waals surface area contributed by atoms with E-state index >= 15 is 0 Å². The van der Waals surface area contributed by atoms with Crippen molar-refractivity contribution in [2.75, 3.05) is 172 Å². The molecule has 3 heterocycles. The molecular weight excluding hydrogens is 1650 g/mol. The zero-order chi connectivity index (χ0) is 91.0. The average molecular weight is 1770 g/mol. The second-order valence-corrected chi connectivity index (χ2v) is 27.7. The summed E-state index contributed by atoms with van der Waals surface area (Å²) in [5, 5.41) is 16.1. The Hall–Kier alpha value is -8.88. The van der Waals surface area contributed by atoms with Crippen LogP contribution in [0.2, 0.25) is 0 Å². The first-order valence-electron chi connectivity index (χ1n) is 40.3. The van der Waals surface area contributed by atoms with E-state index in [1.54, 1.807) is 0 Å². The zero-order valence-corrected chi connectivity index (χ0v) is 71.9. The Kier molecular flexibility index (Phi) is 55.6. The number of Topliss-reactive ketones (excluding diaryl/α,β-unsaturated/α-hetero) is 1. The van der Waals surface area contributed by atoms with E-state index in [1.807, 2.05) is 0 Å². The molecule has 123 heavy (non-hydrogen) atoms. The molecule has 46 heteroatoms. The van der Waals surface area contributed by atoms with Crippen LogP contribution in [-0.2, 0) is 190 Å².